The predicted octanol–water partition coefficient (Wildman–Crippen LogP) is 4.86. The summed E-state index contributed by atoms with van der Waals surface area (Å²) >= 11 is 8.53. The highest BCUT2D eigenvalue weighted by Crippen LogP contribution is 2.28. The van der Waals surface area contributed by atoms with Crippen molar-refractivity contribution in [1.82, 2.24) is 19.7 Å². The summed E-state index contributed by atoms with van der Waals surface area (Å²) in [4.78, 5) is 28.3. The van der Waals surface area contributed by atoms with Crippen LogP contribution in [0.25, 0.3) is 0 Å². The molecular weight excluding hydrogens is 510 g/mol. The summed E-state index contributed by atoms with van der Waals surface area (Å²) in [5.74, 6) is 0.823. The van der Waals surface area contributed by atoms with Gasteiger partial charge in [-0.1, -0.05) is 29.4 Å². The van der Waals surface area contributed by atoms with Crippen LogP contribution in [0.5, 0.6) is 5.75 Å². The highest BCUT2D eigenvalue weighted by Gasteiger charge is 2.20. The zero-order chi connectivity index (χ0) is 25.4. The van der Waals surface area contributed by atoms with Gasteiger partial charge in [0.1, 0.15) is 5.75 Å². The average molecular weight is 536 g/mol. The molecule has 0 aliphatic heterocycles. The first-order valence-corrected chi connectivity index (χ1v) is 13.0. The van der Waals surface area contributed by atoms with Gasteiger partial charge in [-0.05, 0) is 44.5 Å². The summed E-state index contributed by atoms with van der Waals surface area (Å²) < 4.78 is 12.9. The molecule has 1 atom stereocenters. The second-order valence-electron chi connectivity index (χ2n) is 7.37. The van der Waals surface area contributed by atoms with Crippen LogP contribution < -0.4 is 10.1 Å². The molecule has 2 aromatic heterocycles. The van der Waals surface area contributed by atoms with Gasteiger partial charge in [-0.2, -0.15) is 0 Å². The lowest BCUT2D eigenvalue weighted by molar-refractivity contribution is -0.142. The molecule has 0 aliphatic rings. The van der Waals surface area contributed by atoms with Gasteiger partial charge in [0.2, 0.25) is 5.91 Å². The minimum absolute atomic E-state index is 0.0677. The van der Waals surface area contributed by atoms with Gasteiger partial charge in [0.05, 0.1) is 24.5 Å². The van der Waals surface area contributed by atoms with Crippen molar-refractivity contribution in [1.29, 1.82) is 0 Å². The van der Waals surface area contributed by atoms with Crippen molar-refractivity contribution < 1.29 is 19.1 Å². The smallest absolute Gasteiger partial charge is 0.311 e. The first-order valence-electron chi connectivity index (χ1n) is 10.8. The highest BCUT2D eigenvalue weighted by molar-refractivity contribution is 7.99. The Hall–Kier alpha value is -2.89. The van der Waals surface area contributed by atoms with Crippen LogP contribution >= 0.6 is 34.7 Å². The number of allylic oxidation sites excluding steroid dienone is 1. The number of amides is 1. The SMILES string of the molecule is C=CCn1c(SCC(=O)Nc2nc(CC(=O)OCC)cs2)nnc1C(C)Oc1ccc(Cl)cc1C. The highest BCUT2D eigenvalue weighted by atomic mass is 35.5. The molecule has 1 unspecified atom stereocenters. The Morgan fingerprint density at radius 2 is 2.17 bits per heavy atom. The van der Waals surface area contributed by atoms with Crippen molar-refractivity contribution in [2.45, 2.75) is 45.0 Å². The third kappa shape index (κ3) is 7.55. The molecule has 3 aromatic rings. The van der Waals surface area contributed by atoms with Crippen LogP contribution in [-0.2, 0) is 27.3 Å². The van der Waals surface area contributed by atoms with Crippen molar-refractivity contribution >= 4 is 51.7 Å². The number of aromatic nitrogens is 4. The van der Waals surface area contributed by atoms with Crippen molar-refractivity contribution in [2.24, 2.45) is 0 Å². The summed E-state index contributed by atoms with van der Waals surface area (Å²) in [5.41, 5.74) is 1.47. The Balaban J connectivity index is 1.61. The molecule has 12 heteroatoms. The van der Waals surface area contributed by atoms with Crippen LogP contribution in [0, 0.1) is 6.92 Å². The van der Waals surface area contributed by atoms with Gasteiger partial charge in [0.15, 0.2) is 22.2 Å². The van der Waals surface area contributed by atoms with E-state index in [0.29, 0.717) is 45.7 Å². The van der Waals surface area contributed by atoms with E-state index in [9.17, 15) is 9.59 Å². The quantitative estimate of drug-likeness (QED) is 0.199. The molecule has 3 rings (SSSR count). The molecule has 2 heterocycles. The van der Waals surface area contributed by atoms with Crippen molar-refractivity contribution in [2.75, 3.05) is 17.7 Å². The second-order valence-corrected chi connectivity index (χ2v) is 9.61. The number of hydrogen-bond acceptors (Lipinski definition) is 9. The minimum atomic E-state index is -0.390. The number of thiazole rings is 1. The fourth-order valence-corrected chi connectivity index (χ4v) is 4.80. The number of thioether (sulfide) groups is 1. The molecule has 0 aliphatic carbocycles. The Morgan fingerprint density at radius 1 is 1.37 bits per heavy atom. The monoisotopic (exact) mass is 535 g/mol. The normalized spacial score (nSPS) is 11.7. The third-order valence-corrected chi connectivity index (χ3v) is 6.63. The first-order chi connectivity index (χ1) is 16.8. The van der Waals surface area contributed by atoms with E-state index in [1.54, 1.807) is 24.4 Å². The number of aryl methyl sites for hydroxylation is 1. The maximum atomic E-state index is 12.5. The largest absolute Gasteiger partial charge is 0.482 e. The van der Waals surface area contributed by atoms with Crippen LogP contribution in [0.15, 0.2) is 41.4 Å². The Labute approximate surface area is 216 Å². The fourth-order valence-electron chi connectivity index (χ4n) is 3.09. The molecule has 1 amide bonds. The van der Waals surface area contributed by atoms with E-state index in [2.05, 4.69) is 27.1 Å². The van der Waals surface area contributed by atoms with E-state index in [1.165, 1.54) is 23.1 Å². The maximum absolute atomic E-state index is 12.5. The number of halogens is 1. The summed E-state index contributed by atoms with van der Waals surface area (Å²) in [7, 11) is 0. The van der Waals surface area contributed by atoms with Crippen LogP contribution in [-0.4, -0.2) is 44.0 Å². The lowest BCUT2D eigenvalue weighted by Gasteiger charge is -2.17. The second kappa shape index (κ2) is 12.7. The molecule has 35 heavy (non-hydrogen) atoms. The molecule has 0 spiro atoms. The summed E-state index contributed by atoms with van der Waals surface area (Å²) in [6.45, 7) is 10.1. The number of esters is 1. The van der Waals surface area contributed by atoms with Crippen molar-refractivity contribution in [3.05, 3.63) is 58.3 Å². The maximum Gasteiger partial charge on any atom is 0.311 e. The van der Waals surface area contributed by atoms with Gasteiger partial charge in [-0.25, -0.2) is 4.98 Å². The van der Waals surface area contributed by atoms with Gasteiger partial charge in [0, 0.05) is 16.9 Å². The minimum Gasteiger partial charge on any atom is -0.482 e. The zero-order valence-corrected chi connectivity index (χ0v) is 22.0. The Bertz CT molecular complexity index is 1200. The van der Waals surface area contributed by atoms with E-state index in [-0.39, 0.29) is 24.1 Å². The van der Waals surface area contributed by atoms with Gasteiger partial charge in [0.25, 0.3) is 0 Å². The van der Waals surface area contributed by atoms with Gasteiger partial charge in [-0.15, -0.1) is 28.1 Å². The first kappa shape index (κ1) is 26.7. The number of benzene rings is 1. The summed E-state index contributed by atoms with van der Waals surface area (Å²) in [6, 6.07) is 5.42. The molecule has 9 nitrogen and oxygen atoms in total. The Kier molecular flexibility index (Phi) is 9.70. The number of anilines is 1. The molecule has 0 saturated carbocycles. The standard InChI is InChI=1S/C23H26ClN5O4S2/c1-5-9-29-21(15(4)33-18-8-7-16(24)10-14(18)3)27-28-23(29)35-13-19(30)26-22-25-17(12-34-22)11-20(31)32-6-2/h5,7-8,10,12,15H,1,6,9,11,13H2,2-4H3,(H,25,26,30). The van der Waals surface area contributed by atoms with Crippen LogP contribution in [0.2, 0.25) is 5.02 Å². The van der Waals surface area contributed by atoms with Gasteiger partial charge >= 0.3 is 5.97 Å². The van der Waals surface area contributed by atoms with Gasteiger partial charge < -0.3 is 14.8 Å². The molecule has 1 aromatic carbocycles. The van der Waals surface area contributed by atoms with E-state index in [0.717, 1.165) is 5.56 Å². The van der Waals surface area contributed by atoms with Gasteiger partial charge in [-0.3, -0.25) is 14.2 Å². The van der Waals surface area contributed by atoms with Crippen LogP contribution in [0.1, 0.15) is 37.0 Å². The lowest BCUT2D eigenvalue weighted by Crippen LogP contribution is -2.16. The lowest BCUT2D eigenvalue weighted by atomic mass is 10.2. The van der Waals surface area contributed by atoms with Crippen molar-refractivity contribution in [3.63, 3.8) is 0 Å². The summed E-state index contributed by atoms with van der Waals surface area (Å²) in [6.07, 6.45) is 1.41. The Morgan fingerprint density at radius 3 is 2.89 bits per heavy atom. The summed E-state index contributed by atoms with van der Waals surface area (Å²) in [5, 5.41) is 14.6. The van der Waals surface area contributed by atoms with E-state index in [4.69, 9.17) is 21.1 Å². The fraction of sp³-hybridized carbons (Fsp3) is 0.348. The molecule has 186 valence electrons. The van der Waals surface area contributed by atoms with Crippen LogP contribution in [0.3, 0.4) is 0 Å². The average Bonchev–Trinajstić information content (AvgIpc) is 3.41. The predicted molar refractivity (Wildman–Crippen MR) is 137 cm³/mol. The number of hydrogen-bond donors (Lipinski definition) is 1. The molecule has 0 saturated heterocycles. The zero-order valence-electron chi connectivity index (χ0n) is 19.6. The third-order valence-electron chi connectivity index (χ3n) is 4.62. The number of ether oxygens (including phenoxy) is 2. The molecule has 0 radical (unpaired) electrons. The number of carbonyl (C=O) groups excluding carboxylic acids is 2. The molecule has 0 bridgehead atoms. The number of carbonyl (C=O) groups is 2. The van der Waals surface area contributed by atoms with E-state index < -0.39 is 6.10 Å². The topological polar surface area (TPSA) is 108 Å². The van der Waals surface area contributed by atoms with E-state index >= 15 is 0 Å². The number of rotatable bonds is 12. The number of nitrogens with zero attached hydrogens (tertiary/aromatic N) is 4. The van der Waals surface area contributed by atoms with Crippen LogP contribution in [0.4, 0.5) is 5.13 Å². The molecule has 1 N–H and O–H groups in total. The molecule has 0 fully saturated rings. The molecular formula is C23H26ClN5O4S2. The van der Waals surface area contributed by atoms with E-state index in [1.807, 2.05) is 30.5 Å². The van der Waals surface area contributed by atoms with Crippen molar-refractivity contribution in [3.8, 4) is 5.75 Å². The number of nitrogens with one attached hydrogen (secondary N) is 1.